The minimum absolute atomic E-state index is 0.0543. The Kier molecular flexibility index (Phi) is 4.29. The highest BCUT2D eigenvalue weighted by atomic mass is 16.1. The van der Waals surface area contributed by atoms with Crippen LogP contribution in [0, 0.1) is 0 Å². The zero-order valence-corrected chi connectivity index (χ0v) is 12.7. The predicted octanol–water partition coefficient (Wildman–Crippen LogP) is 3.33. The molecule has 0 saturated carbocycles. The Balaban J connectivity index is 1.72. The lowest BCUT2D eigenvalue weighted by Crippen LogP contribution is -2.21. The van der Waals surface area contributed by atoms with E-state index in [-0.39, 0.29) is 5.78 Å². The molecule has 3 rings (SSSR count). The maximum atomic E-state index is 12.1. The Hall–Kier alpha value is -3.21. The van der Waals surface area contributed by atoms with Gasteiger partial charge in [0.15, 0.2) is 11.6 Å². The first-order valence-electron chi connectivity index (χ1n) is 7.24. The number of fused-ring (bicyclic) bond motifs is 1. The Labute approximate surface area is 134 Å². The molecule has 23 heavy (non-hydrogen) atoms. The van der Waals surface area contributed by atoms with Gasteiger partial charge in [0.05, 0.1) is 6.20 Å². The molecule has 0 fully saturated rings. The van der Waals surface area contributed by atoms with Gasteiger partial charge in [-0.25, -0.2) is 0 Å². The summed E-state index contributed by atoms with van der Waals surface area (Å²) in [5.41, 5.74) is 7.32. The Bertz CT molecular complexity index is 854. The van der Waals surface area contributed by atoms with Crippen LogP contribution in [0.5, 0.6) is 0 Å². The summed E-state index contributed by atoms with van der Waals surface area (Å²) < 4.78 is 0. The third kappa shape index (κ3) is 3.52. The molecular weight excluding hydrogens is 288 g/mol. The van der Waals surface area contributed by atoms with Crippen LogP contribution in [-0.4, -0.2) is 16.0 Å². The van der Waals surface area contributed by atoms with Crippen LogP contribution in [0.1, 0.15) is 17.3 Å². The number of hydrazine groups is 1. The molecular formula is C18H16N4O. The molecule has 0 aliphatic carbocycles. The van der Waals surface area contributed by atoms with Crippen molar-refractivity contribution in [2.24, 2.45) is 0 Å². The summed E-state index contributed by atoms with van der Waals surface area (Å²) in [7, 11) is 0. The van der Waals surface area contributed by atoms with Gasteiger partial charge in [0.1, 0.15) is 0 Å². The number of allylic oxidation sites excluding steroid dienone is 2. The van der Waals surface area contributed by atoms with Crippen molar-refractivity contribution in [3.63, 3.8) is 0 Å². The maximum absolute atomic E-state index is 12.1. The van der Waals surface area contributed by atoms with Gasteiger partial charge in [-0.05, 0) is 6.92 Å². The molecule has 0 spiro atoms. The van der Waals surface area contributed by atoms with Crippen LogP contribution >= 0.6 is 0 Å². The molecule has 2 aromatic carbocycles. The number of benzene rings is 2. The predicted molar refractivity (Wildman–Crippen MR) is 90.8 cm³/mol. The highest BCUT2D eigenvalue weighted by Gasteiger charge is 2.04. The van der Waals surface area contributed by atoms with Crippen molar-refractivity contribution in [1.29, 1.82) is 0 Å². The van der Waals surface area contributed by atoms with E-state index in [2.05, 4.69) is 21.0 Å². The molecule has 1 aromatic heterocycles. The second kappa shape index (κ2) is 6.70. The summed E-state index contributed by atoms with van der Waals surface area (Å²) in [6, 6.07) is 17.0. The Morgan fingerprint density at radius 3 is 2.61 bits per heavy atom. The van der Waals surface area contributed by atoms with E-state index >= 15 is 0 Å². The lowest BCUT2D eigenvalue weighted by Gasteiger charge is -2.10. The van der Waals surface area contributed by atoms with E-state index in [0.717, 1.165) is 10.8 Å². The standard InChI is InChI=1S/C18H16N4O/c1-13(11-17(23)14-7-3-2-4-8-14)20-22-18-16-10-6-5-9-15(16)12-19-21-18/h2-12,20H,1H3,(H,21,22)/b13-11-. The summed E-state index contributed by atoms with van der Waals surface area (Å²) >= 11 is 0. The van der Waals surface area contributed by atoms with Gasteiger partial charge in [-0.3, -0.25) is 10.2 Å². The van der Waals surface area contributed by atoms with Gasteiger partial charge in [0, 0.05) is 28.1 Å². The molecule has 0 aliphatic heterocycles. The van der Waals surface area contributed by atoms with Crippen molar-refractivity contribution in [3.05, 3.63) is 78.1 Å². The first kappa shape index (κ1) is 14.7. The first-order chi connectivity index (χ1) is 11.2. The molecule has 0 saturated heterocycles. The Morgan fingerprint density at radius 1 is 1.04 bits per heavy atom. The summed E-state index contributed by atoms with van der Waals surface area (Å²) in [4.78, 5) is 12.1. The van der Waals surface area contributed by atoms with Crippen LogP contribution in [0.25, 0.3) is 10.8 Å². The fourth-order valence-electron chi connectivity index (χ4n) is 2.20. The van der Waals surface area contributed by atoms with E-state index < -0.39 is 0 Å². The molecule has 5 nitrogen and oxygen atoms in total. The average molecular weight is 304 g/mol. The number of nitrogens with one attached hydrogen (secondary N) is 2. The van der Waals surface area contributed by atoms with Crippen LogP contribution < -0.4 is 10.9 Å². The summed E-state index contributed by atoms with van der Waals surface area (Å²) in [6.07, 6.45) is 3.25. The van der Waals surface area contributed by atoms with Gasteiger partial charge >= 0.3 is 0 Å². The van der Waals surface area contributed by atoms with E-state index in [1.807, 2.05) is 49.4 Å². The SMILES string of the molecule is C/C(=C/C(=O)c1ccccc1)NNc1nncc2ccccc12. The zero-order chi connectivity index (χ0) is 16.1. The number of anilines is 1. The largest absolute Gasteiger partial charge is 0.304 e. The number of carbonyl (C=O) groups is 1. The minimum atomic E-state index is -0.0543. The molecule has 1 heterocycles. The molecule has 0 amide bonds. The monoisotopic (exact) mass is 304 g/mol. The van der Waals surface area contributed by atoms with Gasteiger partial charge in [-0.1, -0.05) is 54.6 Å². The molecule has 2 N–H and O–H groups in total. The number of nitrogens with zero attached hydrogens (tertiary/aromatic N) is 2. The summed E-state index contributed by atoms with van der Waals surface area (Å²) in [5.74, 6) is 0.560. The molecule has 3 aromatic rings. The fourth-order valence-corrected chi connectivity index (χ4v) is 2.20. The number of rotatable bonds is 5. The molecule has 0 bridgehead atoms. The van der Waals surface area contributed by atoms with E-state index in [1.54, 1.807) is 24.4 Å². The topological polar surface area (TPSA) is 66.9 Å². The number of ketones is 1. The Morgan fingerprint density at radius 2 is 1.78 bits per heavy atom. The fraction of sp³-hybridized carbons (Fsp3) is 0.0556. The second-order valence-electron chi connectivity index (χ2n) is 5.09. The smallest absolute Gasteiger partial charge is 0.187 e. The molecule has 5 heteroatoms. The van der Waals surface area contributed by atoms with E-state index in [1.165, 1.54) is 0 Å². The van der Waals surface area contributed by atoms with E-state index in [4.69, 9.17) is 0 Å². The quantitative estimate of drug-likeness (QED) is 0.430. The van der Waals surface area contributed by atoms with Crippen molar-refractivity contribution >= 4 is 22.4 Å². The van der Waals surface area contributed by atoms with Crippen LogP contribution in [0.4, 0.5) is 5.82 Å². The number of carbonyl (C=O) groups excluding carboxylic acids is 1. The van der Waals surface area contributed by atoms with Gasteiger partial charge in [-0.15, -0.1) is 5.10 Å². The number of aromatic nitrogens is 2. The second-order valence-corrected chi connectivity index (χ2v) is 5.09. The molecule has 0 radical (unpaired) electrons. The average Bonchev–Trinajstić information content (AvgIpc) is 2.60. The molecule has 114 valence electrons. The van der Waals surface area contributed by atoms with Crippen LogP contribution in [-0.2, 0) is 0 Å². The van der Waals surface area contributed by atoms with Crippen LogP contribution in [0.15, 0.2) is 72.6 Å². The van der Waals surface area contributed by atoms with Gasteiger partial charge < -0.3 is 5.43 Å². The minimum Gasteiger partial charge on any atom is -0.304 e. The van der Waals surface area contributed by atoms with Gasteiger partial charge in [-0.2, -0.15) is 5.10 Å². The lowest BCUT2D eigenvalue weighted by atomic mass is 10.1. The van der Waals surface area contributed by atoms with E-state index in [0.29, 0.717) is 17.1 Å². The third-order valence-electron chi connectivity index (χ3n) is 3.35. The zero-order valence-electron chi connectivity index (χ0n) is 12.7. The summed E-state index contributed by atoms with van der Waals surface area (Å²) in [5, 5.41) is 9.99. The normalized spacial score (nSPS) is 11.3. The lowest BCUT2D eigenvalue weighted by molar-refractivity contribution is 0.104. The highest BCUT2D eigenvalue weighted by Crippen LogP contribution is 2.18. The van der Waals surface area contributed by atoms with Crippen molar-refractivity contribution in [1.82, 2.24) is 15.6 Å². The van der Waals surface area contributed by atoms with Crippen molar-refractivity contribution in [2.45, 2.75) is 6.92 Å². The summed E-state index contributed by atoms with van der Waals surface area (Å²) in [6.45, 7) is 1.81. The van der Waals surface area contributed by atoms with E-state index in [9.17, 15) is 4.79 Å². The molecule has 0 aliphatic rings. The highest BCUT2D eigenvalue weighted by molar-refractivity contribution is 6.04. The van der Waals surface area contributed by atoms with Crippen LogP contribution in [0.3, 0.4) is 0 Å². The van der Waals surface area contributed by atoms with Crippen molar-refractivity contribution in [3.8, 4) is 0 Å². The first-order valence-corrected chi connectivity index (χ1v) is 7.24. The van der Waals surface area contributed by atoms with Gasteiger partial charge in [0.2, 0.25) is 0 Å². The third-order valence-corrected chi connectivity index (χ3v) is 3.35. The number of hydrogen-bond donors (Lipinski definition) is 2. The molecule has 0 unspecified atom stereocenters. The van der Waals surface area contributed by atoms with Crippen LogP contribution in [0.2, 0.25) is 0 Å². The molecule has 0 atom stereocenters. The van der Waals surface area contributed by atoms with Crippen molar-refractivity contribution < 1.29 is 4.79 Å². The number of hydrogen-bond acceptors (Lipinski definition) is 5. The van der Waals surface area contributed by atoms with Gasteiger partial charge in [0.25, 0.3) is 0 Å². The van der Waals surface area contributed by atoms with Crippen molar-refractivity contribution in [2.75, 3.05) is 5.43 Å². The maximum Gasteiger partial charge on any atom is 0.187 e.